The number of carbonyl (C=O) groups excluding carboxylic acids is 3. The highest BCUT2D eigenvalue weighted by molar-refractivity contribution is 5.71. The molecule has 0 aromatic heterocycles. The lowest BCUT2D eigenvalue weighted by Gasteiger charge is -2.18. The number of allylic oxidation sites excluding steroid dienone is 12. The Hall–Kier alpha value is -3.15. The summed E-state index contributed by atoms with van der Waals surface area (Å²) in [6, 6.07) is 0. The van der Waals surface area contributed by atoms with Gasteiger partial charge in [-0.15, -0.1) is 0 Å². The molecule has 0 aromatic carbocycles. The van der Waals surface area contributed by atoms with E-state index in [1.165, 1.54) is 116 Å². The van der Waals surface area contributed by atoms with Crippen molar-refractivity contribution in [3.8, 4) is 0 Å². The van der Waals surface area contributed by atoms with Crippen molar-refractivity contribution in [1.82, 2.24) is 0 Å². The van der Waals surface area contributed by atoms with Gasteiger partial charge in [-0.25, -0.2) is 0 Å². The van der Waals surface area contributed by atoms with Crippen LogP contribution in [0.25, 0.3) is 0 Å². The van der Waals surface area contributed by atoms with Crippen LogP contribution in [-0.4, -0.2) is 37.2 Å². The molecule has 338 valence electrons. The van der Waals surface area contributed by atoms with E-state index < -0.39 is 6.10 Å². The minimum absolute atomic E-state index is 0.0874. The molecular weight excluding hydrogens is 733 g/mol. The molecule has 1 unspecified atom stereocenters. The minimum atomic E-state index is -0.788. The first-order valence-corrected chi connectivity index (χ1v) is 24.5. The van der Waals surface area contributed by atoms with Crippen LogP contribution in [0.1, 0.15) is 226 Å². The zero-order valence-corrected chi connectivity index (χ0v) is 38.5. The lowest BCUT2D eigenvalue weighted by atomic mass is 10.0. The van der Waals surface area contributed by atoms with E-state index in [0.29, 0.717) is 19.3 Å². The molecule has 0 N–H and O–H groups in total. The van der Waals surface area contributed by atoms with Crippen molar-refractivity contribution in [2.45, 2.75) is 232 Å². The Balaban J connectivity index is 4.45. The van der Waals surface area contributed by atoms with Crippen molar-refractivity contribution >= 4 is 17.9 Å². The Bertz CT molecular complexity index is 1130. The Morgan fingerprint density at radius 2 is 0.661 bits per heavy atom. The zero-order chi connectivity index (χ0) is 43.0. The molecule has 0 aliphatic heterocycles. The summed E-state index contributed by atoms with van der Waals surface area (Å²) in [5.74, 6) is -0.932. The smallest absolute Gasteiger partial charge is 0.306 e. The molecule has 0 saturated carbocycles. The summed E-state index contributed by atoms with van der Waals surface area (Å²) in [5, 5.41) is 0. The maximum absolute atomic E-state index is 12.8. The molecule has 59 heavy (non-hydrogen) atoms. The highest BCUT2D eigenvalue weighted by Gasteiger charge is 2.19. The van der Waals surface area contributed by atoms with Gasteiger partial charge in [-0.2, -0.15) is 0 Å². The lowest BCUT2D eigenvalue weighted by molar-refractivity contribution is -0.167. The fourth-order valence-electron chi connectivity index (χ4n) is 6.71. The average molecular weight is 823 g/mol. The van der Waals surface area contributed by atoms with Crippen LogP contribution in [0.15, 0.2) is 72.9 Å². The minimum Gasteiger partial charge on any atom is -0.462 e. The summed E-state index contributed by atoms with van der Waals surface area (Å²) in [6.45, 7) is 6.44. The number of ether oxygens (including phenoxy) is 3. The Labute approximate surface area is 363 Å². The molecule has 0 aliphatic rings. The van der Waals surface area contributed by atoms with Crippen LogP contribution in [-0.2, 0) is 28.6 Å². The van der Waals surface area contributed by atoms with Crippen molar-refractivity contribution in [3.63, 3.8) is 0 Å². The molecule has 0 amide bonds. The third-order valence-electron chi connectivity index (χ3n) is 10.4. The largest absolute Gasteiger partial charge is 0.462 e. The molecule has 0 heterocycles. The molecule has 0 aromatic rings. The van der Waals surface area contributed by atoms with Gasteiger partial charge in [-0.1, -0.05) is 241 Å². The zero-order valence-electron chi connectivity index (χ0n) is 38.5. The van der Waals surface area contributed by atoms with Gasteiger partial charge >= 0.3 is 17.9 Å². The molecule has 0 aliphatic carbocycles. The summed E-state index contributed by atoms with van der Waals surface area (Å²) in [5.41, 5.74) is 0. The second kappa shape index (κ2) is 47.5. The van der Waals surface area contributed by atoms with Crippen LogP contribution in [0.4, 0.5) is 0 Å². The highest BCUT2D eigenvalue weighted by Crippen LogP contribution is 2.15. The first-order chi connectivity index (χ1) is 29.0. The predicted octanol–water partition coefficient (Wildman–Crippen LogP) is 15.9. The van der Waals surface area contributed by atoms with E-state index in [9.17, 15) is 14.4 Å². The molecule has 0 spiro atoms. The summed E-state index contributed by atoms with van der Waals surface area (Å²) in [6.07, 6.45) is 58.8. The van der Waals surface area contributed by atoms with E-state index in [2.05, 4.69) is 32.9 Å². The Morgan fingerprint density at radius 1 is 0.356 bits per heavy atom. The molecule has 0 radical (unpaired) electrons. The summed E-state index contributed by atoms with van der Waals surface area (Å²) >= 11 is 0. The van der Waals surface area contributed by atoms with Gasteiger partial charge in [0, 0.05) is 19.3 Å². The van der Waals surface area contributed by atoms with E-state index in [4.69, 9.17) is 14.2 Å². The monoisotopic (exact) mass is 823 g/mol. The van der Waals surface area contributed by atoms with Gasteiger partial charge in [-0.3, -0.25) is 14.4 Å². The predicted molar refractivity (Wildman–Crippen MR) is 251 cm³/mol. The molecule has 0 rings (SSSR count). The second-order valence-corrected chi connectivity index (χ2v) is 16.2. The molecule has 6 heteroatoms. The SMILES string of the molecule is CC\C=C/C=C\C=C/C=C\C=C\C=C/CCCCCC(=O)OCC(COC(=O)CCCCCCCCCCCC)OC(=O)CCCCCCCCCCCCCCCC. The van der Waals surface area contributed by atoms with E-state index in [1.807, 2.05) is 60.8 Å². The van der Waals surface area contributed by atoms with Crippen LogP contribution in [0, 0.1) is 0 Å². The van der Waals surface area contributed by atoms with Crippen LogP contribution in [0.5, 0.6) is 0 Å². The van der Waals surface area contributed by atoms with Crippen molar-refractivity contribution < 1.29 is 28.6 Å². The van der Waals surface area contributed by atoms with E-state index >= 15 is 0 Å². The maximum atomic E-state index is 12.8. The van der Waals surface area contributed by atoms with E-state index in [0.717, 1.165) is 70.6 Å². The first kappa shape index (κ1) is 55.9. The standard InChI is InChI=1S/C53H90O6/c1-4-7-10-13-16-19-22-24-26-27-28-30-31-34-37-40-43-46-52(55)58-49-50(48-57-51(54)45-42-39-36-33-21-18-15-12-9-6-3)59-53(56)47-44-41-38-35-32-29-25-23-20-17-14-11-8-5-2/h7,10,13,16,19,22,24,26-28,30-31,50H,4-6,8-9,11-12,14-15,17-18,20-21,23,25,29,32-49H2,1-3H3/b10-7-,16-13-,22-19-,26-24-,28-27+,31-30-. The van der Waals surface area contributed by atoms with Gasteiger partial charge in [0.05, 0.1) is 0 Å². The quantitative estimate of drug-likeness (QED) is 0.0264. The molecule has 1 atom stereocenters. The van der Waals surface area contributed by atoms with Gasteiger partial charge < -0.3 is 14.2 Å². The first-order valence-electron chi connectivity index (χ1n) is 24.5. The normalized spacial score (nSPS) is 12.7. The van der Waals surface area contributed by atoms with Crippen molar-refractivity contribution in [3.05, 3.63) is 72.9 Å². The van der Waals surface area contributed by atoms with Crippen LogP contribution in [0.2, 0.25) is 0 Å². The number of rotatable bonds is 43. The van der Waals surface area contributed by atoms with Gasteiger partial charge in [0.2, 0.25) is 0 Å². The van der Waals surface area contributed by atoms with Crippen LogP contribution < -0.4 is 0 Å². The van der Waals surface area contributed by atoms with Crippen molar-refractivity contribution in [1.29, 1.82) is 0 Å². The summed E-state index contributed by atoms with van der Waals surface area (Å²) in [4.78, 5) is 37.8. The Kier molecular flexibility index (Phi) is 45.0. The molecule has 0 bridgehead atoms. The third kappa shape index (κ3) is 45.8. The van der Waals surface area contributed by atoms with Crippen molar-refractivity contribution in [2.75, 3.05) is 13.2 Å². The fourth-order valence-corrected chi connectivity index (χ4v) is 6.71. The Morgan fingerprint density at radius 3 is 1.03 bits per heavy atom. The lowest BCUT2D eigenvalue weighted by Crippen LogP contribution is -2.30. The van der Waals surface area contributed by atoms with Crippen molar-refractivity contribution in [2.24, 2.45) is 0 Å². The number of unbranched alkanes of at least 4 members (excludes halogenated alkanes) is 25. The number of esters is 3. The van der Waals surface area contributed by atoms with Gasteiger partial charge in [-0.05, 0) is 38.5 Å². The third-order valence-corrected chi connectivity index (χ3v) is 10.4. The second-order valence-electron chi connectivity index (χ2n) is 16.2. The number of hydrogen-bond donors (Lipinski definition) is 0. The summed E-state index contributed by atoms with van der Waals surface area (Å²) in [7, 11) is 0. The number of hydrogen-bond acceptors (Lipinski definition) is 6. The van der Waals surface area contributed by atoms with E-state index in [-0.39, 0.29) is 31.1 Å². The van der Waals surface area contributed by atoms with E-state index in [1.54, 1.807) is 0 Å². The van der Waals surface area contributed by atoms with Crippen LogP contribution in [0.3, 0.4) is 0 Å². The van der Waals surface area contributed by atoms with Gasteiger partial charge in [0.15, 0.2) is 6.10 Å². The molecular formula is C53H90O6. The number of carbonyl (C=O) groups is 3. The van der Waals surface area contributed by atoms with Crippen LogP contribution >= 0.6 is 0 Å². The van der Waals surface area contributed by atoms with Gasteiger partial charge in [0.1, 0.15) is 13.2 Å². The highest BCUT2D eigenvalue weighted by atomic mass is 16.6. The maximum Gasteiger partial charge on any atom is 0.306 e. The van der Waals surface area contributed by atoms with Gasteiger partial charge in [0.25, 0.3) is 0 Å². The topological polar surface area (TPSA) is 78.9 Å². The average Bonchev–Trinajstić information content (AvgIpc) is 3.23. The molecule has 0 saturated heterocycles. The molecule has 6 nitrogen and oxygen atoms in total. The fraction of sp³-hybridized carbons (Fsp3) is 0.717. The summed E-state index contributed by atoms with van der Waals surface area (Å²) < 4.78 is 16.7. The molecule has 0 fully saturated rings.